The van der Waals surface area contributed by atoms with E-state index in [0.717, 1.165) is 36.9 Å². The van der Waals surface area contributed by atoms with Crippen LogP contribution in [0.15, 0.2) is 22.9 Å². The van der Waals surface area contributed by atoms with E-state index in [1.165, 1.54) is 12.7 Å². The molecule has 1 aliphatic rings. The van der Waals surface area contributed by atoms with E-state index in [1.807, 2.05) is 17.5 Å². The molecule has 1 unspecified atom stereocenters. The second-order valence-corrected chi connectivity index (χ2v) is 6.88. The first-order valence-electron chi connectivity index (χ1n) is 8.18. The van der Waals surface area contributed by atoms with E-state index >= 15 is 0 Å². The predicted molar refractivity (Wildman–Crippen MR) is 93.7 cm³/mol. The van der Waals surface area contributed by atoms with Crippen molar-refractivity contribution in [1.29, 1.82) is 0 Å². The molecule has 0 aliphatic heterocycles. The molecule has 2 heterocycles. The Morgan fingerprint density at radius 3 is 3.08 bits per heavy atom. The maximum atomic E-state index is 12.5. The third-order valence-corrected chi connectivity index (χ3v) is 5.10. The number of nitrogens with one attached hydrogen (secondary N) is 1. The molecule has 0 fully saturated rings. The van der Waals surface area contributed by atoms with Gasteiger partial charge in [0.15, 0.2) is 0 Å². The average Bonchev–Trinajstić information content (AvgIpc) is 3.27. The van der Waals surface area contributed by atoms with E-state index in [4.69, 9.17) is 4.74 Å². The van der Waals surface area contributed by atoms with Crippen LogP contribution in [0.25, 0.3) is 0 Å². The number of carbonyl (C=O) groups is 1. The number of thiophene rings is 1. The molecular weight excluding hydrogens is 324 g/mol. The van der Waals surface area contributed by atoms with Crippen molar-refractivity contribution in [3.05, 3.63) is 45.3 Å². The van der Waals surface area contributed by atoms with Crippen molar-refractivity contribution in [1.82, 2.24) is 10.3 Å². The number of carbonyl (C=O) groups excluding carboxylic acids is 1. The van der Waals surface area contributed by atoms with Crippen LogP contribution in [0, 0.1) is 5.92 Å². The van der Waals surface area contributed by atoms with Gasteiger partial charge in [-0.3, -0.25) is 4.79 Å². The Kier molecular flexibility index (Phi) is 5.48. The Balaban J connectivity index is 1.66. The predicted octanol–water partition coefficient (Wildman–Crippen LogP) is 2.22. The van der Waals surface area contributed by atoms with Gasteiger partial charge in [-0.1, -0.05) is 0 Å². The van der Waals surface area contributed by atoms with Crippen LogP contribution in [0.5, 0.6) is 5.88 Å². The fraction of sp³-hybridized carbons (Fsp3) is 0.444. The summed E-state index contributed by atoms with van der Waals surface area (Å²) in [5, 5.41) is 16.5. The molecule has 0 spiro atoms. The number of pyridine rings is 1. The summed E-state index contributed by atoms with van der Waals surface area (Å²) in [6.45, 7) is 0.459. The molecule has 24 heavy (non-hydrogen) atoms. The maximum Gasteiger partial charge on any atom is 0.256 e. The number of ether oxygens (including phenoxy) is 1. The summed E-state index contributed by atoms with van der Waals surface area (Å²) in [4.78, 5) is 17.0. The largest absolute Gasteiger partial charge is 0.480 e. The highest BCUT2D eigenvalue weighted by Gasteiger charge is 2.21. The van der Waals surface area contributed by atoms with Crippen molar-refractivity contribution in [3.63, 3.8) is 0 Å². The van der Waals surface area contributed by atoms with Crippen molar-refractivity contribution in [3.8, 4) is 5.88 Å². The monoisotopic (exact) mass is 346 g/mol. The van der Waals surface area contributed by atoms with Crippen molar-refractivity contribution in [2.75, 3.05) is 20.3 Å². The zero-order valence-corrected chi connectivity index (χ0v) is 14.6. The van der Waals surface area contributed by atoms with Gasteiger partial charge in [-0.2, -0.15) is 11.3 Å². The van der Waals surface area contributed by atoms with Crippen LogP contribution < -0.4 is 10.1 Å². The third kappa shape index (κ3) is 3.76. The molecule has 3 rings (SSSR count). The lowest BCUT2D eigenvalue weighted by atomic mass is 10.0. The lowest BCUT2D eigenvalue weighted by Gasteiger charge is -2.15. The summed E-state index contributed by atoms with van der Waals surface area (Å²) in [7, 11) is 1.54. The van der Waals surface area contributed by atoms with Gasteiger partial charge in [0.1, 0.15) is 5.56 Å². The number of hydrogen-bond donors (Lipinski definition) is 2. The van der Waals surface area contributed by atoms with E-state index in [-0.39, 0.29) is 18.4 Å². The van der Waals surface area contributed by atoms with E-state index in [2.05, 4.69) is 15.7 Å². The number of amides is 1. The Morgan fingerprint density at radius 2 is 2.38 bits per heavy atom. The standard InChI is InChI=1S/C18H22N2O3S/c1-23-18-15(8-14-3-2-4-16(14)20-18)17(22)19-9-13(10-21)7-12-5-6-24-11-12/h5-6,8,11,13,21H,2-4,7,9-10H2,1H3,(H,19,22). The summed E-state index contributed by atoms with van der Waals surface area (Å²) in [6, 6.07) is 3.94. The normalized spacial score (nSPS) is 14.2. The van der Waals surface area contributed by atoms with Crippen LogP contribution in [-0.4, -0.2) is 36.3 Å². The van der Waals surface area contributed by atoms with Crippen LogP contribution in [-0.2, 0) is 19.3 Å². The molecule has 0 saturated carbocycles. The first-order valence-corrected chi connectivity index (χ1v) is 9.12. The molecule has 0 aromatic carbocycles. The molecule has 0 bridgehead atoms. The minimum absolute atomic E-state index is 0.00284. The molecule has 2 aromatic heterocycles. The van der Waals surface area contributed by atoms with E-state index < -0.39 is 0 Å². The lowest BCUT2D eigenvalue weighted by molar-refractivity contribution is 0.0936. The SMILES string of the molecule is COc1nc2c(cc1C(=O)NCC(CO)Cc1ccsc1)CCC2. The Bertz CT molecular complexity index is 701. The highest BCUT2D eigenvalue weighted by atomic mass is 32.1. The second kappa shape index (κ2) is 7.77. The van der Waals surface area contributed by atoms with Crippen molar-refractivity contribution in [2.24, 2.45) is 5.92 Å². The van der Waals surface area contributed by atoms with Crippen molar-refractivity contribution in [2.45, 2.75) is 25.7 Å². The van der Waals surface area contributed by atoms with Crippen molar-refractivity contribution < 1.29 is 14.6 Å². The zero-order valence-electron chi connectivity index (χ0n) is 13.7. The van der Waals surface area contributed by atoms with Crippen LogP contribution in [0.2, 0.25) is 0 Å². The van der Waals surface area contributed by atoms with Gasteiger partial charge in [-0.15, -0.1) is 0 Å². The molecule has 0 saturated heterocycles. The van der Waals surface area contributed by atoms with Crippen LogP contribution >= 0.6 is 11.3 Å². The van der Waals surface area contributed by atoms with E-state index in [1.54, 1.807) is 11.3 Å². The molecule has 1 amide bonds. The Hall–Kier alpha value is -1.92. The van der Waals surface area contributed by atoms with E-state index in [9.17, 15) is 9.90 Å². The highest BCUT2D eigenvalue weighted by molar-refractivity contribution is 7.07. The first kappa shape index (κ1) is 16.9. The Labute approximate surface area is 145 Å². The van der Waals surface area contributed by atoms with Gasteiger partial charge in [-0.05, 0) is 59.7 Å². The molecule has 1 aliphatic carbocycles. The summed E-state index contributed by atoms with van der Waals surface area (Å²) < 4.78 is 5.29. The number of rotatable bonds is 7. The molecule has 5 nitrogen and oxygen atoms in total. The number of nitrogens with zero attached hydrogens (tertiary/aromatic N) is 1. The number of methoxy groups -OCH3 is 1. The van der Waals surface area contributed by atoms with Gasteiger partial charge in [0.05, 0.1) is 7.11 Å². The summed E-state index contributed by atoms with van der Waals surface area (Å²) in [5.74, 6) is 0.182. The minimum atomic E-state index is -0.196. The number of aryl methyl sites for hydroxylation is 2. The third-order valence-electron chi connectivity index (χ3n) is 4.37. The fourth-order valence-corrected chi connectivity index (χ4v) is 3.73. The number of fused-ring (bicyclic) bond motifs is 1. The summed E-state index contributed by atoms with van der Waals surface area (Å²) in [5.41, 5.74) is 3.84. The molecule has 6 heteroatoms. The summed E-state index contributed by atoms with van der Waals surface area (Å²) >= 11 is 1.64. The lowest BCUT2D eigenvalue weighted by Crippen LogP contribution is -2.32. The van der Waals surface area contributed by atoms with Gasteiger partial charge in [0.2, 0.25) is 5.88 Å². The van der Waals surface area contributed by atoms with Gasteiger partial charge >= 0.3 is 0 Å². The molecule has 2 N–H and O–H groups in total. The molecular formula is C18H22N2O3S. The number of hydrogen-bond acceptors (Lipinski definition) is 5. The number of aromatic nitrogens is 1. The quantitative estimate of drug-likeness (QED) is 0.806. The van der Waals surface area contributed by atoms with Gasteiger partial charge < -0.3 is 15.2 Å². The average molecular weight is 346 g/mol. The van der Waals surface area contributed by atoms with Crippen LogP contribution in [0.4, 0.5) is 0 Å². The second-order valence-electron chi connectivity index (χ2n) is 6.10. The fourth-order valence-electron chi connectivity index (χ4n) is 3.05. The van der Waals surface area contributed by atoms with Crippen LogP contribution in [0.3, 0.4) is 0 Å². The number of aliphatic hydroxyl groups excluding tert-OH is 1. The maximum absolute atomic E-state index is 12.5. The van der Waals surface area contributed by atoms with Gasteiger partial charge in [-0.25, -0.2) is 4.98 Å². The molecule has 0 radical (unpaired) electrons. The minimum Gasteiger partial charge on any atom is -0.480 e. The van der Waals surface area contributed by atoms with Gasteiger partial charge in [0, 0.05) is 24.8 Å². The topological polar surface area (TPSA) is 71.5 Å². The molecule has 1 atom stereocenters. The zero-order chi connectivity index (χ0) is 16.9. The first-order chi connectivity index (χ1) is 11.7. The van der Waals surface area contributed by atoms with Crippen LogP contribution in [0.1, 0.15) is 33.6 Å². The molecule has 2 aromatic rings. The number of aliphatic hydroxyl groups is 1. The smallest absolute Gasteiger partial charge is 0.256 e. The summed E-state index contributed by atoms with van der Waals surface area (Å²) in [6.07, 6.45) is 3.73. The Morgan fingerprint density at radius 1 is 1.50 bits per heavy atom. The highest BCUT2D eigenvalue weighted by Crippen LogP contribution is 2.26. The molecule has 128 valence electrons. The van der Waals surface area contributed by atoms with E-state index in [0.29, 0.717) is 18.0 Å². The van der Waals surface area contributed by atoms with Gasteiger partial charge in [0.25, 0.3) is 5.91 Å². The van der Waals surface area contributed by atoms with Crippen molar-refractivity contribution >= 4 is 17.2 Å².